The fraction of sp³-hybridized carbons (Fsp3) is 0.611. The highest BCUT2D eigenvalue weighted by molar-refractivity contribution is 9.10. The second-order valence-electron chi connectivity index (χ2n) is 6.78. The highest BCUT2D eigenvalue weighted by Gasteiger charge is 2.37. The Hall–Kier alpha value is 0.0400. The summed E-state index contributed by atoms with van der Waals surface area (Å²) in [6.45, 7) is 4.29. The number of carbonyl (C=O) groups is 1. The lowest BCUT2D eigenvalue weighted by Gasteiger charge is -2.36. The van der Waals surface area contributed by atoms with Gasteiger partial charge in [0.25, 0.3) is 0 Å². The zero-order chi connectivity index (χ0) is 17.9. The van der Waals surface area contributed by atoms with Crippen LogP contribution in [0.1, 0.15) is 44.6 Å². The molecule has 0 aromatic heterocycles. The monoisotopic (exact) mass is 454 g/mol. The molecule has 134 valence electrons. The topological polar surface area (TPSA) is 26.3 Å². The summed E-state index contributed by atoms with van der Waals surface area (Å²) < 4.78 is 4.71. The highest BCUT2D eigenvalue weighted by atomic mass is 79.9. The van der Waals surface area contributed by atoms with Gasteiger partial charge in [-0.25, -0.2) is 0 Å². The lowest BCUT2D eigenvalue weighted by molar-refractivity contribution is -0.147. The van der Waals surface area contributed by atoms with Crippen LogP contribution in [-0.4, -0.2) is 16.4 Å². The van der Waals surface area contributed by atoms with Crippen molar-refractivity contribution in [2.24, 2.45) is 17.8 Å². The molecule has 6 heteroatoms. The van der Waals surface area contributed by atoms with Crippen LogP contribution in [0.5, 0.6) is 0 Å². The van der Waals surface area contributed by atoms with Gasteiger partial charge in [-0.1, -0.05) is 83.1 Å². The molecule has 0 amide bonds. The Labute approximate surface area is 167 Å². The Balaban J connectivity index is 2.21. The van der Waals surface area contributed by atoms with Gasteiger partial charge >= 0.3 is 5.97 Å². The van der Waals surface area contributed by atoms with Crippen molar-refractivity contribution in [3.05, 3.63) is 34.3 Å². The summed E-state index contributed by atoms with van der Waals surface area (Å²) in [5, 5.41) is 0. The Morgan fingerprint density at radius 1 is 1.21 bits per heavy atom. The minimum atomic E-state index is -1.59. The molecule has 2 nitrogen and oxygen atoms in total. The Bertz CT molecular complexity index is 556. The lowest BCUT2D eigenvalue weighted by Crippen LogP contribution is -2.31. The number of ether oxygens (including phenoxy) is 1. The molecule has 24 heavy (non-hydrogen) atoms. The first-order valence-corrected chi connectivity index (χ1v) is 10.1. The van der Waals surface area contributed by atoms with E-state index in [1.54, 1.807) is 0 Å². The minimum Gasteiger partial charge on any atom is -0.461 e. The first kappa shape index (κ1) is 20.4. The maximum atomic E-state index is 12.8. The van der Waals surface area contributed by atoms with Gasteiger partial charge in [-0.3, -0.25) is 4.79 Å². The van der Waals surface area contributed by atoms with Crippen molar-refractivity contribution in [3.8, 4) is 0 Å². The highest BCUT2D eigenvalue weighted by Crippen LogP contribution is 2.42. The fourth-order valence-corrected chi connectivity index (χ4v) is 3.83. The largest absolute Gasteiger partial charge is 0.461 e. The van der Waals surface area contributed by atoms with E-state index in [1.807, 2.05) is 24.3 Å². The van der Waals surface area contributed by atoms with Gasteiger partial charge in [-0.2, -0.15) is 0 Å². The van der Waals surface area contributed by atoms with E-state index in [1.165, 1.54) is 0 Å². The standard InChI is InChI=1S/C18H22BrCl3O2/c1-11-3-4-14(9-12(11)2)16(13-5-7-15(19)8-6-13)17(23)24-10-18(20,21)22/h5-8,11-12,14,16H,3-4,9-10H2,1-2H3/t11-,12?,14+,16-/m0/s1. The molecule has 1 saturated carbocycles. The number of hydrogen-bond acceptors (Lipinski definition) is 2. The molecule has 4 atom stereocenters. The van der Waals surface area contributed by atoms with E-state index in [2.05, 4.69) is 29.8 Å². The predicted molar refractivity (Wildman–Crippen MR) is 104 cm³/mol. The van der Waals surface area contributed by atoms with Gasteiger partial charge in [0.1, 0.15) is 6.61 Å². The van der Waals surface area contributed by atoms with Crippen molar-refractivity contribution in [2.75, 3.05) is 6.61 Å². The van der Waals surface area contributed by atoms with E-state index in [9.17, 15) is 4.79 Å². The molecule has 0 radical (unpaired) electrons. The molecule has 1 aliphatic carbocycles. The number of benzene rings is 1. The van der Waals surface area contributed by atoms with Crippen molar-refractivity contribution in [3.63, 3.8) is 0 Å². The minimum absolute atomic E-state index is 0.234. The molecule has 0 N–H and O–H groups in total. The number of rotatable bonds is 4. The van der Waals surface area contributed by atoms with Crippen molar-refractivity contribution in [1.82, 2.24) is 0 Å². The smallest absolute Gasteiger partial charge is 0.313 e. The third-order valence-electron chi connectivity index (χ3n) is 4.97. The quantitative estimate of drug-likeness (QED) is 0.381. The van der Waals surface area contributed by atoms with Gasteiger partial charge in [0, 0.05) is 4.47 Å². The molecular weight excluding hydrogens is 434 g/mol. The molecule has 0 spiro atoms. The number of esters is 1. The van der Waals surface area contributed by atoms with Crippen LogP contribution in [0.25, 0.3) is 0 Å². The van der Waals surface area contributed by atoms with E-state index in [4.69, 9.17) is 39.5 Å². The molecule has 1 aliphatic rings. The van der Waals surface area contributed by atoms with Crippen LogP contribution in [0.4, 0.5) is 0 Å². The zero-order valence-electron chi connectivity index (χ0n) is 13.8. The lowest BCUT2D eigenvalue weighted by atomic mass is 9.69. The SMILES string of the molecule is CC1C[C@H]([C@@H](C(=O)OCC(Cl)(Cl)Cl)c2ccc(Br)cc2)CC[C@@H]1C. The molecule has 1 fully saturated rings. The molecule has 1 unspecified atom stereocenters. The summed E-state index contributed by atoms with van der Waals surface area (Å²) in [5.41, 5.74) is 0.958. The summed E-state index contributed by atoms with van der Waals surface area (Å²) in [7, 11) is 0. The number of alkyl halides is 3. The van der Waals surface area contributed by atoms with Crippen LogP contribution in [0, 0.1) is 17.8 Å². The van der Waals surface area contributed by atoms with Gasteiger partial charge in [-0.05, 0) is 48.3 Å². The first-order valence-electron chi connectivity index (χ1n) is 8.16. The number of halogens is 4. The maximum absolute atomic E-state index is 12.8. The van der Waals surface area contributed by atoms with Crippen LogP contribution >= 0.6 is 50.7 Å². The second-order valence-corrected chi connectivity index (χ2v) is 10.2. The Morgan fingerprint density at radius 3 is 2.38 bits per heavy atom. The first-order chi connectivity index (χ1) is 11.2. The Kier molecular flexibility index (Phi) is 7.31. The van der Waals surface area contributed by atoms with Crippen molar-refractivity contribution in [2.45, 2.75) is 42.8 Å². The number of hydrogen-bond donors (Lipinski definition) is 0. The van der Waals surface area contributed by atoms with Crippen LogP contribution in [0.15, 0.2) is 28.7 Å². The van der Waals surface area contributed by atoms with E-state index >= 15 is 0 Å². The van der Waals surface area contributed by atoms with E-state index < -0.39 is 3.79 Å². The van der Waals surface area contributed by atoms with Crippen LogP contribution in [-0.2, 0) is 9.53 Å². The molecule has 0 aliphatic heterocycles. The van der Waals surface area contributed by atoms with Gasteiger partial charge in [0.05, 0.1) is 5.92 Å². The zero-order valence-corrected chi connectivity index (χ0v) is 17.6. The third kappa shape index (κ3) is 5.79. The third-order valence-corrected chi connectivity index (χ3v) is 5.83. The van der Waals surface area contributed by atoms with Crippen LogP contribution in [0.2, 0.25) is 0 Å². The average Bonchev–Trinajstić information content (AvgIpc) is 2.50. The molecule has 0 heterocycles. The van der Waals surface area contributed by atoms with Gasteiger partial charge < -0.3 is 4.74 Å². The average molecular weight is 457 g/mol. The van der Waals surface area contributed by atoms with E-state index in [-0.39, 0.29) is 24.4 Å². The summed E-state index contributed by atoms with van der Waals surface area (Å²) in [4.78, 5) is 12.8. The number of carbonyl (C=O) groups excluding carboxylic acids is 1. The maximum Gasteiger partial charge on any atom is 0.313 e. The van der Waals surface area contributed by atoms with E-state index in [0.29, 0.717) is 11.8 Å². The van der Waals surface area contributed by atoms with Crippen molar-refractivity contribution < 1.29 is 9.53 Å². The van der Waals surface area contributed by atoms with Crippen LogP contribution in [0.3, 0.4) is 0 Å². The normalized spacial score (nSPS) is 26.0. The van der Waals surface area contributed by atoms with Crippen molar-refractivity contribution in [1.29, 1.82) is 0 Å². The Morgan fingerprint density at radius 2 is 1.83 bits per heavy atom. The summed E-state index contributed by atoms with van der Waals surface area (Å²) in [5.74, 6) is 0.891. The molecule has 1 aromatic carbocycles. The predicted octanol–water partition coefficient (Wildman–Crippen LogP) is 6.52. The fourth-order valence-electron chi connectivity index (χ4n) is 3.41. The van der Waals surface area contributed by atoms with E-state index in [0.717, 1.165) is 29.3 Å². The van der Waals surface area contributed by atoms with Gasteiger partial charge in [0.15, 0.2) is 0 Å². The summed E-state index contributed by atoms with van der Waals surface area (Å²) in [6, 6.07) is 7.82. The summed E-state index contributed by atoms with van der Waals surface area (Å²) in [6.07, 6.45) is 3.14. The molecular formula is C18H22BrCl3O2. The molecule has 0 bridgehead atoms. The van der Waals surface area contributed by atoms with Crippen LogP contribution < -0.4 is 0 Å². The molecule has 2 rings (SSSR count). The van der Waals surface area contributed by atoms with Gasteiger partial charge in [-0.15, -0.1) is 0 Å². The molecule has 0 saturated heterocycles. The summed E-state index contributed by atoms with van der Waals surface area (Å²) >= 11 is 20.6. The van der Waals surface area contributed by atoms with Gasteiger partial charge in [0.2, 0.25) is 3.79 Å². The van der Waals surface area contributed by atoms with Crippen molar-refractivity contribution >= 4 is 56.7 Å². The second kappa shape index (κ2) is 8.62. The molecule has 1 aromatic rings.